The summed E-state index contributed by atoms with van der Waals surface area (Å²) in [7, 11) is 5.14. The number of likely N-dealkylation sites (tertiary alicyclic amines) is 1. The average Bonchev–Trinajstić information content (AvgIpc) is 2.89. The molecular formula is C15H31NO6. The summed E-state index contributed by atoms with van der Waals surface area (Å²) in [6.45, 7) is 5.82. The molecule has 0 aromatic carbocycles. The number of carbonyl (C=O) groups excluding carboxylic acids is 1. The topological polar surface area (TPSA) is 66.5 Å². The van der Waals surface area contributed by atoms with Gasteiger partial charge in [0, 0.05) is 34.2 Å². The SMILES string of the molecule is CN1CCCC1=O.COCCOCCOCCOCCOC. The zero-order chi connectivity index (χ0) is 16.5. The van der Waals surface area contributed by atoms with Crippen LogP contribution in [-0.4, -0.2) is 91.5 Å². The number of ether oxygens (including phenoxy) is 5. The van der Waals surface area contributed by atoms with Crippen molar-refractivity contribution in [1.82, 2.24) is 4.90 Å². The Kier molecular flexibility index (Phi) is 16.1. The van der Waals surface area contributed by atoms with Crippen LogP contribution in [0.25, 0.3) is 0 Å². The van der Waals surface area contributed by atoms with Gasteiger partial charge in [-0.25, -0.2) is 0 Å². The molecule has 1 fully saturated rings. The van der Waals surface area contributed by atoms with E-state index in [9.17, 15) is 4.79 Å². The zero-order valence-corrected chi connectivity index (χ0v) is 14.2. The van der Waals surface area contributed by atoms with Crippen molar-refractivity contribution >= 4 is 5.91 Å². The van der Waals surface area contributed by atoms with Crippen LogP contribution in [0.5, 0.6) is 0 Å². The minimum atomic E-state index is 0.292. The molecule has 1 aliphatic rings. The smallest absolute Gasteiger partial charge is 0.222 e. The number of hydrogen-bond donors (Lipinski definition) is 0. The Morgan fingerprint density at radius 1 is 0.818 bits per heavy atom. The number of hydrogen-bond acceptors (Lipinski definition) is 6. The summed E-state index contributed by atoms with van der Waals surface area (Å²) in [6, 6.07) is 0. The molecule has 1 amide bonds. The number of methoxy groups -OCH3 is 2. The van der Waals surface area contributed by atoms with Crippen LogP contribution >= 0.6 is 0 Å². The fourth-order valence-electron chi connectivity index (χ4n) is 1.61. The van der Waals surface area contributed by atoms with Crippen LogP contribution in [0.15, 0.2) is 0 Å². The van der Waals surface area contributed by atoms with Gasteiger partial charge in [0.15, 0.2) is 0 Å². The summed E-state index contributed by atoms with van der Waals surface area (Å²) in [5.41, 5.74) is 0. The predicted octanol–water partition coefficient (Wildman–Crippen LogP) is 0.568. The van der Waals surface area contributed by atoms with E-state index >= 15 is 0 Å². The maximum absolute atomic E-state index is 10.5. The minimum absolute atomic E-state index is 0.292. The van der Waals surface area contributed by atoms with Crippen LogP contribution in [0.3, 0.4) is 0 Å². The van der Waals surface area contributed by atoms with Gasteiger partial charge < -0.3 is 28.6 Å². The van der Waals surface area contributed by atoms with Gasteiger partial charge in [-0.15, -0.1) is 0 Å². The van der Waals surface area contributed by atoms with Crippen LogP contribution in [0.1, 0.15) is 12.8 Å². The zero-order valence-electron chi connectivity index (χ0n) is 14.2. The highest BCUT2D eigenvalue weighted by atomic mass is 16.6. The number of carbonyl (C=O) groups is 1. The predicted molar refractivity (Wildman–Crippen MR) is 83.1 cm³/mol. The van der Waals surface area contributed by atoms with Gasteiger partial charge in [-0.1, -0.05) is 0 Å². The van der Waals surface area contributed by atoms with Gasteiger partial charge in [-0.05, 0) is 6.42 Å². The van der Waals surface area contributed by atoms with Crippen LogP contribution in [0.2, 0.25) is 0 Å². The van der Waals surface area contributed by atoms with Gasteiger partial charge in [0.2, 0.25) is 5.91 Å². The monoisotopic (exact) mass is 321 g/mol. The maximum Gasteiger partial charge on any atom is 0.222 e. The lowest BCUT2D eigenvalue weighted by Gasteiger charge is -2.06. The second kappa shape index (κ2) is 16.6. The first-order valence-electron chi connectivity index (χ1n) is 7.67. The van der Waals surface area contributed by atoms with Crippen molar-refractivity contribution in [2.24, 2.45) is 0 Å². The Balaban J connectivity index is 0.000000518. The lowest BCUT2D eigenvalue weighted by molar-refractivity contribution is -0.126. The van der Waals surface area contributed by atoms with E-state index in [4.69, 9.17) is 23.7 Å². The number of rotatable bonds is 12. The molecule has 0 unspecified atom stereocenters. The van der Waals surface area contributed by atoms with Gasteiger partial charge in [0.1, 0.15) is 0 Å². The quantitative estimate of drug-likeness (QED) is 0.490. The van der Waals surface area contributed by atoms with Crippen LogP contribution < -0.4 is 0 Å². The Hall–Kier alpha value is -0.730. The molecule has 132 valence electrons. The Morgan fingerprint density at radius 2 is 1.23 bits per heavy atom. The van der Waals surface area contributed by atoms with E-state index in [2.05, 4.69) is 0 Å². The second-order valence-electron chi connectivity index (χ2n) is 4.74. The minimum Gasteiger partial charge on any atom is -0.382 e. The molecule has 7 nitrogen and oxygen atoms in total. The summed E-state index contributed by atoms with van der Waals surface area (Å²) in [6.07, 6.45) is 1.81. The molecule has 0 aromatic heterocycles. The molecule has 1 rings (SSSR count). The average molecular weight is 321 g/mol. The fraction of sp³-hybridized carbons (Fsp3) is 0.933. The third-order valence-electron chi connectivity index (χ3n) is 2.92. The summed E-state index contributed by atoms with van der Waals surface area (Å²) in [5, 5.41) is 0. The first-order chi connectivity index (χ1) is 10.7. The Morgan fingerprint density at radius 3 is 1.45 bits per heavy atom. The third-order valence-corrected chi connectivity index (χ3v) is 2.92. The lowest BCUT2D eigenvalue weighted by Crippen LogP contribution is -2.17. The first-order valence-corrected chi connectivity index (χ1v) is 7.67. The largest absolute Gasteiger partial charge is 0.382 e. The normalized spacial score (nSPS) is 14.1. The van der Waals surface area contributed by atoms with Crippen molar-refractivity contribution in [2.45, 2.75) is 12.8 Å². The molecule has 1 heterocycles. The summed E-state index contributed by atoms with van der Waals surface area (Å²) in [4.78, 5) is 12.3. The fourth-order valence-corrected chi connectivity index (χ4v) is 1.61. The second-order valence-corrected chi connectivity index (χ2v) is 4.74. The molecule has 1 saturated heterocycles. The molecule has 0 bridgehead atoms. The first kappa shape index (κ1) is 21.3. The van der Waals surface area contributed by atoms with E-state index in [1.54, 1.807) is 19.1 Å². The molecule has 7 heteroatoms. The maximum atomic E-state index is 10.5. The lowest BCUT2D eigenvalue weighted by atomic mass is 10.4. The highest BCUT2D eigenvalue weighted by molar-refractivity contribution is 5.77. The van der Waals surface area contributed by atoms with Gasteiger partial charge >= 0.3 is 0 Å². The Bertz CT molecular complexity index is 240. The molecular weight excluding hydrogens is 290 g/mol. The molecule has 22 heavy (non-hydrogen) atoms. The molecule has 0 aliphatic carbocycles. The van der Waals surface area contributed by atoms with Crippen molar-refractivity contribution in [2.75, 3.05) is 80.7 Å². The van der Waals surface area contributed by atoms with E-state index in [1.165, 1.54) is 0 Å². The molecule has 0 saturated carbocycles. The molecule has 0 spiro atoms. The molecule has 0 N–H and O–H groups in total. The number of amides is 1. The standard InChI is InChI=1S/C10H22O5.C5H9NO/c1-11-3-5-13-7-9-15-10-8-14-6-4-12-2;1-6-4-2-3-5(6)7/h3-10H2,1-2H3;2-4H2,1H3. The summed E-state index contributed by atoms with van der Waals surface area (Å²) < 4.78 is 25.3. The highest BCUT2D eigenvalue weighted by Crippen LogP contribution is 2.04. The highest BCUT2D eigenvalue weighted by Gasteiger charge is 2.14. The van der Waals surface area contributed by atoms with Crippen molar-refractivity contribution in [1.29, 1.82) is 0 Å². The summed E-state index contributed by atoms with van der Waals surface area (Å²) >= 11 is 0. The van der Waals surface area contributed by atoms with Crippen molar-refractivity contribution in [3.8, 4) is 0 Å². The van der Waals surface area contributed by atoms with Crippen molar-refractivity contribution < 1.29 is 28.5 Å². The molecule has 0 radical (unpaired) electrons. The van der Waals surface area contributed by atoms with E-state index in [0.29, 0.717) is 58.8 Å². The van der Waals surface area contributed by atoms with E-state index in [0.717, 1.165) is 19.4 Å². The summed E-state index contributed by atoms with van der Waals surface area (Å²) in [5.74, 6) is 0.292. The Labute approximate surface area is 133 Å². The van der Waals surface area contributed by atoms with Crippen LogP contribution in [0.4, 0.5) is 0 Å². The van der Waals surface area contributed by atoms with E-state index in [-0.39, 0.29) is 0 Å². The van der Waals surface area contributed by atoms with E-state index < -0.39 is 0 Å². The van der Waals surface area contributed by atoms with Crippen molar-refractivity contribution in [3.05, 3.63) is 0 Å². The number of nitrogens with zero attached hydrogens (tertiary/aromatic N) is 1. The van der Waals surface area contributed by atoms with Gasteiger partial charge in [-0.3, -0.25) is 4.79 Å². The van der Waals surface area contributed by atoms with Gasteiger partial charge in [0.25, 0.3) is 0 Å². The van der Waals surface area contributed by atoms with Gasteiger partial charge in [-0.2, -0.15) is 0 Å². The molecule has 0 atom stereocenters. The molecule has 1 aliphatic heterocycles. The van der Waals surface area contributed by atoms with Crippen LogP contribution in [0, 0.1) is 0 Å². The van der Waals surface area contributed by atoms with E-state index in [1.807, 2.05) is 7.05 Å². The van der Waals surface area contributed by atoms with Crippen LogP contribution in [-0.2, 0) is 28.5 Å². The van der Waals surface area contributed by atoms with Gasteiger partial charge in [0.05, 0.1) is 52.9 Å². The molecule has 0 aromatic rings. The third kappa shape index (κ3) is 14.2. The van der Waals surface area contributed by atoms with Crippen molar-refractivity contribution in [3.63, 3.8) is 0 Å².